The molecule has 4 rings (SSSR count). The predicted octanol–water partition coefficient (Wildman–Crippen LogP) is 2.27. The molecule has 2 heterocycles. The molecule has 9 nitrogen and oxygen atoms in total. The van der Waals surface area contributed by atoms with Gasteiger partial charge in [0.2, 0.25) is 5.82 Å². The zero-order chi connectivity index (χ0) is 20.2. The minimum absolute atomic E-state index is 0.100. The van der Waals surface area contributed by atoms with Crippen molar-refractivity contribution in [2.45, 2.75) is 13.0 Å². The van der Waals surface area contributed by atoms with E-state index in [0.717, 1.165) is 11.3 Å². The molecule has 0 bridgehead atoms. The number of esters is 1. The van der Waals surface area contributed by atoms with Gasteiger partial charge in [-0.05, 0) is 30.3 Å². The summed E-state index contributed by atoms with van der Waals surface area (Å²) in [4.78, 5) is 28.2. The van der Waals surface area contributed by atoms with E-state index in [9.17, 15) is 9.59 Å². The lowest BCUT2D eigenvalue weighted by molar-refractivity contribution is -0.144. The summed E-state index contributed by atoms with van der Waals surface area (Å²) in [5.41, 5.74) is 0.861. The molecule has 0 aliphatic carbocycles. The van der Waals surface area contributed by atoms with Crippen molar-refractivity contribution in [2.24, 2.45) is 0 Å². The van der Waals surface area contributed by atoms with E-state index in [-0.39, 0.29) is 24.5 Å². The van der Waals surface area contributed by atoms with E-state index in [4.69, 9.17) is 14.0 Å². The van der Waals surface area contributed by atoms with Gasteiger partial charge in [-0.3, -0.25) is 9.59 Å². The smallest absolute Gasteiger partial charge is 0.312 e. The maximum absolute atomic E-state index is 12.2. The number of aromatic amines is 1. The van der Waals surface area contributed by atoms with E-state index >= 15 is 0 Å². The third kappa shape index (κ3) is 3.98. The minimum Gasteiger partial charge on any atom is -0.497 e. The molecule has 1 N–H and O–H groups in total. The number of carbonyl (C=O) groups excluding carboxylic acids is 1. The van der Waals surface area contributed by atoms with Crippen LogP contribution in [0.2, 0.25) is 0 Å². The van der Waals surface area contributed by atoms with Crippen LogP contribution in [0.15, 0.2) is 57.8 Å². The fraction of sp³-hybridized carbons (Fsp3) is 0.150. The summed E-state index contributed by atoms with van der Waals surface area (Å²) in [7, 11) is 1.58. The molecule has 2 aromatic carbocycles. The van der Waals surface area contributed by atoms with Crippen molar-refractivity contribution in [3.63, 3.8) is 0 Å². The molecule has 0 amide bonds. The van der Waals surface area contributed by atoms with Crippen LogP contribution in [0.1, 0.15) is 11.6 Å². The first-order valence-electron chi connectivity index (χ1n) is 8.73. The van der Waals surface area contributed by atoms with Crippen LogP contribution in [0.4, 0.5) is 0 Å². The van der Waals surface area contributed by atoms with Gasteiger partial charge in [0.25, 0.3) is 11.4 Å². The van der Waals surface area contributed by atoms with Crippen LogP contribution in [0.25, 0.3) is 22.2 Å². The summed E-state index contributed by atoms with van der Waals surface area (Å²) in [6.07, 6.45) is -0.100. The molecule has 0 unspecified atom stereocenters. The zero-order valence-electron chi connectivity index (χ0n) is 15.4. The molecule has 0 aliphatic rings. The van der Waals surface area contributed by atoms with Crippen LogP contribution >= 0.6 is 0 Å². The Morgan fingerprint density at radius 2 is 1.86 bits per heavy atom. The molecule has 0 fully saturated rings. The first kappa shape index (κ1) is 18.4. The van der Waals surface area contributed by atoms with Gasteiger partial charge in [-0.25, -0.2) is 5.10 Å². The lowest BCUT2D eigenvalue weighted by Gasteiger charge is -2.04. The third-order valence-electron chi connectivity index (χ3n) is 4.26. The van der Waals surface area contributed by atoms with Crippen LogP contribution in [0.5, 0.6) is 5.75 Å². The average Bonchev–Trinajstić information content (AvgIpc) is 3.24. The lowest BCUT2D eigenvalue weighted by Crippen LogP contribution is -2.15. The van der Waals surface area contributed by atoms with Gasteiger partial charge in [0.15, 0.2) is 6.61 Å². The van der Waals surface area contributed by atoms with E-state index in [1.54, 1.807) is 55.6 Å². The number of hydrogen-bond donors (Lipinski definition) is 1. The monoisotopic (exact) mass is 392 g/mol. The Bertz CT molecular complexity index is 1210. The Hall–Kier alpha value is -4.01. The molecule has 9 heteroatoms. The molecule has 4 aromatic rings. The van der Waals surface area contributed by atoms with Crippen molar-refractivity contribution in [1.29, 1.82) is 0 Å². The first-order valence-corrected chi connectivity index (χ1v) is 8.73. The standard InChI is InChI=1S/C20H16N4O5/c1-27-13-8-6-12(7-9-13)19-21-17(29-24-19)11-28-18(25)10-16-14-4-2-3-5-15(14)20(26)23-22-16/h2-9H,10-11H2,1H3,(H,23,26). The third-order valence-corrected chi connectivity index (χ3v) is 4.26. The normalized spacial score (nSPS) is 10.8. The summed E-state index contributed by atoms with van der Waals surface area (Å²) in [6, 6.07) is 14.1. The molecule has 146 valence electrons. The van der Waals surface area contributed by atoms with Crippen LogP contribution in [0.3, 0.4) is 0 Å². The summed E-state index contributed by atoms with van der Waals surface area (Å²) >= 11 is 0. The van der Waals surface area contributed by atoms with Crippen LogP contribution in [0, 0.1) is 0 Å². The average molecular weight is 392 g/mol. The lowest BCUT2D eigenvalue weighted by atomic mass is 10.1. The quantitative estimate of drug-likeness (QED) is 0.496. The van der Waals surface area contributed by atoms with Gasteiger partial charge in [-0.1, -0.05) is 23.4 Å². The number of fused-ring (bicyclic) bond motifs is 1. The maximum Gasteiger partial charge on any atom is 0.312 e. The summed E-state index contributed by atoms with van der Waals surface area (Å²) in [5, 5.41) is 11.3. The van der Waals surface area contributed by atoms with E-state index in [1.165, 1.54) is 0 Å². The van der Waals surface area contributed by atoms with Gasteiger partial charge in [0.05, 0.1) is 24.6 Å². The van der Waals surface area contributed by atoms with E-state index < -0.39 is 5.97 Å². The van der Waals surface area contributed by atoms with Gasteiger partial charge in [-0.2, -0.15) is 10.1 Å². The SMILES string of the molecule is COc1ccc(-c2noc(COC(=O)Cc3n[nH]c(=O)c4ccccc34)n2)cc1. The summed E-state index contributed by atoms with van der Waals surface area (Å²) in [6.45, 7) is -0.163. The van der Waals surface area contributed by atoms with E-state index in [1.807, 2.05) is 0 Å². The highest BCUT2D eigenvalue weighted by Gasteiger charge is 2.14. The summed E-state index contributed by atoms with van der Waals surface area (Å²) < 4.78 is 15.5. The highest BCUT2D eigenvalue weighted by molar-refractivity contribution is 5.86. The van der Waals surface area contributed by atoms with Crippen molar-refractivity contribution in [2.75, 3.05) is 7.11 Å². The fourth-order valence-corrected chi connectivity index (χ4v) is 2.81. The molecule has 0 saturated carbocycles. The predicted molar refractivity (Wildman–Crippen MR) is 102 cm³/mol. The second kappa shape index (κ2) is 7.93. The number of carbonyl (C=O) groups is 1. The zero-order valence-corrected chi connectivity index (χ0v) is 15.4. The topological polar surface area (TPSA) is 120 Å². The van der Waals surface area contributed by atoms with Gasteiger partial charge in [0.1, 0.15) is 5.75 Å². The Labute approximate surface area is 164 Å². The maximum atomic E-state index is 12.2. The second-order valence-electron chi connectivity index (χ2n) is 6.12. The van der Waals surface area contributed by atoms with E-state index in [0.29, 0.717) is 22.3 Å². The molecule has 2 aromatic heterocycles. The van der Waals surface area contributed by atoms with Crippen molar-refractivity contribution in [3.05, 3.63) is 70.5 Å². The number of H-pyrrole nitrogens is 1. The number of nitrogens with zero attached hydrogens (tertiary/aromatic N) is 3. The van der Waals surface area contributed by atoms with Gasteiger partial charge >= 0.3 is 5.97 Å². The molecule has 0 aliphatic heterocycles. The van der Waals surface area contributed by atoms with Gasteiger partial charge in [0, 0.05) is 10.9 Å². The van der Waals surface area contributed by atoms with Crippen LogP contribution in [-0.2, 0) is 22.6 Å². The number of ether oxygens (including phenoxy) is 2. The molecular weight excluding hydrogens is 376 g/mol. The number of benzene rings is 2. The van der Waals surface area contributed by atoms with E-state index in [2.05, 4.69) is 20.3 Å². The Balaban J connectivity index is 1.41. The minimum atomic E-state index is -0.529. The van der Waals surface area contributed by atoms with Crippen molar-refractivity contribution in [1.82, 2.24) is 20.3 Å². The number of rotatable bonds is 6. The number of aromatic nitrogens is 4. The van der Waals surface area contributed by atoms with Crippen LogP contribution in [-0.4, -0.2) is 33.4 Å². The van der Waals surface area contributed by atoms with Crippen LogP contribution < -0.4 is 10.3 Å². The number of nitrogens with one attached hydrogen (secondary N) is 1. The van der Waals surface area contributed by atoms with Crippen molar-refractivity contribution in [3.8, 4) is 17.1 Å². The van der Waals surface area contributed by atoms with Gasteiger partial charge in [-0.15, -0.1) is 0 Å². The molecule has 0 radical (unpaired) electrons. The van der Waals surface area contributed by atoms with Gasteiger partial charge < -0.3 is 14.0 Å². The number of methoxy groups -OCH3 is 1. The molecule has 0 atom stereocenters. The molecular formula is C20H16N4O5. The van der Waals surface area contributed by atoms with Crippen molar-refractivity contribution >= 4 is 16.7 Å². The second-order valence-corrected chi connectivity index (χ2v) is 6.12. The fourth-order valence-electron chi connectivity index (χ4n) is 2.81. The molecule has 29 heavy (non-hydrogen) atoms. The Morgan fingerprint density at radius 3 is 2.62 bits per heavy atom. The van der Waals surface area contributed by atoms with Crippen molar-refractivity contribution < 1.29 is 18.8 Å². The molecule has 0 spiro atoms. The first-order chi connectivity index (χ1) is 14.1. The highest BCUT2D eigenvalue weighted by atomic mass is 16.6. The molecule has 0 saturated heterocycles. The Morgan fingerprint density at radius 1 is 1.10 bits per heavy atom. The Kier molecular flexibility index (Phi) is 5.02. The summed E-state index contributed by atoms with van der Waals surface area (Å²) in [5.74, 6) is 0.740. The largest absolute Gasteiger partial charge is 0.497 e. The highest BCUT2D eigenvalue weighted by Crippen LogP contribution is 2.20. The number of hydrogen-bond acceptors (Lipinski definition) is 8.